The van der Waals surface area contributed by atoms with Crippen LogP contribution in [0.25, 0.3) is 0 Å². The quantitative estimate of drug-likeness (QED) is 0.703. The van der Waals surface area contributed by atoms with Gasteiger partial charge in [0.1, 0.15) is 0 Å². The average molecular weight is 208 g/mol. The Kier molecular flexibility index (Phi) is 1.91. The molecule has 0 atom stereocenters. The fraction of sp³-hybridized carbons (Fsp3) is 0.727. The van der Waals surface area contributed by atoms with E-state index < -0.39 is 0 Å². The molecule has 2 aliphatic rings. The van der Waals surface area contributed by atoms with Gasteiger partial charge in [-0.3, -0.25) is 4.68 Å². The van der Waals surface area contributed by atoms with Gasteiger partial charge in [0.15, 0.2) is 5.79 Å². The molecule has 0 bridgehead atoms. The lowest BCUT2D eigenvalue weighted by Gasteiger charge is -2.42. The average Bonchev–Trinajstić information content (AvgIpc) is 2.71. The first-order chi connectivity index (χ1) is 7.19. The van der Waals surface area contributed by atoms with Crippen LogP contribution in [-0.4, -0.2) is 28.8 Å². The molecule has 1 spiro atoms. The Hall–Kier alpha value is -0.870. The molecule has 0 amide bonds. The number of hydrogen-bond donors (Lipinski definition) is 0. The lowest BCUT2D eigenvalue weighted by Crippen LogP contribution is -2.45. The van der Waals surface area contributed by atoms with Gasteiger partial charge in [-0.05, 0) is 19.4 Å². The van der Waals surface area contributed by atoms with Gasteiger partial charge in [0.05, 0.1) is 24.9 Å². The van der Waals surface area contributed by atoms with E-state index in [1.807, 2.05) is 6.92 Å². The van der Waals surface area contributed by atoms with Crippen molar-refractivity contribution in [1.82, 2.24) is 9.78 Å². The summed E-state index contributed by atoms with van der Waals surface area (Å²) >= 11 is 0. The van der Waals surface area contributed by atoms with Crippen LogP contribution in [0.3, 0.4) is 0 Å². The molecule has 1 aliphatic carbocycles. The van der Waals surface area contributed by atoms with Crippen molar-refractivity contribution in [3.63, 3.8) is 0 Å². The molecular weight excluding hydrogens is 192 g/mol. The summed E-state index contributed by atoms with van der Waals surface area (Å²) < 4.78 is 13.3. The summed E-state index contributed by atoms with van der Waals surface area (Å²) in [7, 11) is 0. The Morgan fingerprint density at radius 1 is 1.33 bits per heavy atom. The first kappa shape index (κ1) is 9.36. The highest BCUT2D eigenvalue weighted by Gasteiger charge is 2.50. The van der Waals surface area contributed by atoms with E-state index in [2.05, 4.69) is 22.9 Å². The summed E-state index contributed by atoms with van der Waals surface area (Å²) in [6.07, 6.45) is 3.99. The van der Waals surface area contributed by atoms with E-state index in [1.54, 1.807) is 0 Å². The summed E-state index contributed by atoms with van der Waals surface area (Å²) in [5.74, 6) is -0.265. The fourth-order valence-electron chi connectivity index (χ4n) is 2.34. The molecule has 1 aromatic heterocycles. The number of aryl methyl sites for hydroxylation is 2. The van der Waals surface area contributed by atoms with Gasteiger partial charge in [-0.25, -0.2) is 0 Å². The van der Waals surface area contributed by atoms with Crippen LogP contribution in [0.15, 0.2) is 6.20 Å². The second-order valence-corrected chi connectivity index (χ2v) is 4.55. The zero-order valence-corrected chi connectivity index (χ0v) is 9.19. The van der Waals surface area contributed by atoms with Gasteiger partial charge in [0, 0.05) is 19.0 Å². The number of hydrogen-bond acceptors (Lipinski definition) is 3. The molecule has 1 saturated heterocycles. The maximum absolute atomic E-state index is 5.60. The first-order valence-corrected chi connectivity index (χ1v) is 5.49. The molecule has 3 rings (SSSR count). The number of ether oxygens (including phenoxy) is 2. The van der Waals surface area contributed by atoms with Crippen LogP contribution in [0.5, 0.6) is 0 Å². The van der Waals surface area contributed by atoms with Crippen molar-refractivity contribution in [2.24, 2.45) is 0 Å². The SMILES string of the molecule is Cc1cn(C2CC3(C2)OCCO3)nc1C. The smallest absolute Gasteiger partial charge is 0.172 e. The molecule has 82 valence electrons. The second kappa shape index (κ2) is 3.06. The van der Waals surface area contributed by atoms with Crippen molar-refractivity contribution in [2.45, 2.75) is 38.5 Å². The predicted molar refractivity (Wildman–Crippen MR) is 54.6 cm³/mol. The van der Waals surface area contributed by atoms with E-state index in [9.17, 15) is 0 Å². The number of aromatic nitrogens is 2. The zero-order chi connectivity index (χ0) is 10.5. The van der Waals surface area contributed by atoms with Crippen LogP contribution < -0.4 is 0 Å². The van der Waals surface area contributed by atoms with Crippen LogP contribution in [0.4, 0.5) is 0 Å². The maximum Gasteiger partial charge on any atom is 0.172 e. The molecule has 0 unspecified atom stereocenters. The van der Waals surface area contributed by atoms with Crippen LogP contribution in [-0.2, 0) is 9.47 Å². The predicted octanol–water partition coefficient (Wildman–Crippen LogP) is 1.58. The molecule has 1 aliphatic heterocycles. The Labute approximate surface area is 89.2 Å². The fourth-order valence-corrected chi connectivity index (χ4v) is 2.34. The molecule has 1 aromatic rings. The number of nitrogens with zero attached hydrogens (tertiary/aromatic N) is 2. The number of rotatable bonds is 1. The standard InChI is InChI=1S/C11H16N2O2/c1-8-7-13(12-9(8)2)10-5-11(6-10)14-3-4-15-11/h7,10H,3-6H2,1-2H3. The van der Waals surface area contributed by atoms with Gasteiger partial charge in [0.25, 0.3) is 0 Å². The second-order valence-electron chi connectivity index (χ2n) is 4.55. The van der Waals surface area contributed by atoms with Crippen LogP contribution in [0.1, 0.15) is 30.1 Å². The maximum atomic E-state index is 5.60. The van der Waals surface area contributed by atoms with E-state index in [0.29, 0.717) is 6.04 Å². The molecule has 0 radical (unpaired) electrons. The summed E-state index contributed by atoms with van der Waals surface area (Å²) in [4.78, 5) is 0. The van der Waals surface area contributed by atoms with Gasteiger partial charge in [-0.15, -0.1) is 0 Å². The van der Waals surface area contributed by atoms with E-state index in [1.165, 1.54) is 5.56 Å². The third kappa shape index (κ3) is 1.40. The van der Waals surface area contributed by atoms with Crippen molar-refractivity contribution in [3.8, 4) is 0 Å². The lowest BCUT2D eigenvalue weighted by molar-refractivity contribution is -0.227. The molecule has 4 nitrogen and oxygen atoms in total. The van der Waals surface area contributed by atoms with E-state index in [4.69, 9.17) is 9.47 Å². The van der Waals surface area contributed by atoms with Crippen LogP contribution in [0.2, 0.25) is 0 Å². The van der Waals surface area contributed by atoms with E-state index >= 15 is 0 Å². The minimum atomic E-state index is -0.265. The van der Waals surface area contributed by atoms with Gasteiger partial charge >= 0.3 is 0 Å². The molecular formula is C11H16N2O2. The molecule has 2 fully saturated rings. The molecule has 0 N–H and O–H groups in total. The highest BCUT2D eigenvalue weighted by Crippen LogP contribution is 2.46. The first-order valence-electron chi connectivity index (χ1n) is 5.49. The third-order valence-electron chi connectivity index (χ3n) is 3.44. The zero-order valence-electron chi connectivity index (χ0n) is 9.19. The van der Waals surface area contributed by atoms with Crippen molar-refractivity contribution in [1.29, 1.82) is 0 Å². The van der Waals surface area contributed by atoms with Crippen molar-refractivity contribution in [3.05, 3.63) is 17.5 Å². The highest BCUT2D eigenvalue weighted by molar-refractivity contribution is 5.13. The van der Waals surface area contributed by atoms with Crippen LogP contribution in [0, 0.1) is 13.8 Å². The summed E-state index contributed by atoms with van der Waals surface area (Å²) in [5, 5.41) is 4.49. The highest BCUT2D eigenvalue weighted by atomic mass is 16.7. The molecule has 4 heteroatoms. The molecule has 1 saturated carbocycles. The van der Waals surface area contributed by atoms with Crippen LogP contribution >= 0.6 is 0 Å². The molecule has 15 heavy (non-hydrogen) atoms. The topological polar surface area (TPSA) is 36.3 Å². The molecule has 2 heterocycles. The van der Waals surface area contributed by atoms with E-state index in [-0.39, 0.29) is 5.79 Å². The van der Waals surface area contributed by atoms with Gasteiger partial charge in [-0.1, -0.05) is 0 Å². The summed E-state index contributed by atoms with van der Waals surface area (Å²) in [6, 6.07) is 0.454. The molecule has 0 aromatic carbocycles. The monoisotopic (exact) mass is 208 g/mol. The normalized spacial score (nSPS) is 24.7. The minimum Gasteiger partial charge on any atom is -0.347 e. The van der Waals surface area contributed by atoms with Gasteiger partial charge in [-0.2, -0.15) is 5.10 Å². The Balaban J connectivity index is 1.71. The van der Waals surface area contributed by atoms with E-state index in [0.717, 1.165) is 31.7 Å². The van der Waals surface area contributed by atoms with Crippen molar-refractivity contribution < 1.29 is 9.47 Å². The minimum absolute atomic E-state index is 0.265. The lowest BCUT2D eigenvalue weighted by atomic mass is 9.85. The Morgan fingerprint density at radius 3 is 2.53 bits per heavy atom. The van der Waals surface area contributed by atoms with Gasteiger partial charge < -0.3 is 9.47 Å². The van der Waals surface area contributed by atoms with Gasteiger partial charge in [0.2, 0.25) is 0 Å². The Morgan fingerprint density at radius 2 is 2.00 bits per heavy atom. The summed E-state index contributed by atoms with van der Waals surface area (Å²) in [6.45, 7) is 5.62. The third-order valence-corrected chi connectivity index (χ3v) is 3.44. The Bertz CT molecular complexity index is 352. The largest absolute Gasteiger partial charge is 0.347 e. The van der Waals surface area contributed by atoms with Crippen molar-refractivity contribution >= 4 is 0 Å². The van der Waals surface area contributed by atoms with Crippen molar-refractivity contribution in [2.75, 3.05) is 13.2 Å². The summed E-state index contributed by atoms with van der Waals surface area (Å²) in [5.41, 5.74) is 2.37.